The Morgan fingerprint density at radius 3 is 2.41 bits per heavy atom. The highest BCUT2D eigenvalue weighted by Crippen LogP contribution is 2.28. The maximum absolute atomic E-state index is 14.0. The first-order chi connectivity index (χ1) is 14.1. The zero-order valence-corrected chi connectivity index (χ0v) is 15.9. The molecule has 2 aromatic carbocycles. The van der Waals surface area contributed by atoms with E-state index in [1.54, 1.807) is 18.5 Å². The zero-order valence-electron chi connectivity index (χ0n) is 15.1. The average molecular weight is 412 g/mol. The molecule has 0 aliphatic rings. The summed E-state index contributed by atoms with van der Waals surface area (Å²) >= 11 is 1.20. The first-order valence-corrected chi connectivity index (χ1v) is 9.74. The third-order valence-corrected chi connectivity index (χ3v) is 5.28. The SMILES string of the molecule is Fc1cc(F)c(CSc2nnc(-c3cccnc3)n2Cc2ccccc2)cc1F. The van der Waals surface area contributed by atoms with Crippen molar-refractivity contribution in [2.24, 2.45) is 0 Å². The molecule has 0 amide bonds. The van der Waals surface area contributed by atoms with Gasteiger partial charge in [0.25, 0.3) is 0 Å². The highest BCUT2D eigenvalue weighted by atomic mass is 32.2. The number of nitrogens with zero attached hydrogens (tertiary/aromatic N) is 4. The molecule has 4 aromatic rings. The van der Waals surface area contributed by atoms with Crippen LogP contribution < -0.4 is 0 Å². The van der Waals surface area contributed by atoms with Crippen LogP contribution in [-0.4, -0.2) is 19.7 Å². The fraction of sp³-hybridized carbons (Fsp3) is 0.0952. The molecule has 0 saturated heterocycles. The summed E-state index contributed by atoms with van der Waals surface area (Å²) in [4.78, 5) is 4.13. The highest BCUT2D eigenvalue weighted by molar-refractivity contribution is 7.98. The predicted molar refractivity (Wildman–Crippen MR) is 105 cm³/mol. The van der Waals surface area contributed by atoms with Crippen molar-refractivity contribution in [1.82, 2.24) is 19.7 Å². The number of thioether (sulfide) groups is 1. The molecule has 0 bridgehead atoms. The molecule has 8 heteroatoms. The fourth-order valence-electron chi connectivity index (χ4n) is 2.83. The molecule has 0 unspecified atom stereocenters. The lowest BCUT2D eigenvalue weighted by Gasteiger charge is -2.11. The van der Waals surface area contributed by atoms with Gasteiger partial charge < -0.3 is 0 Å². The number of aromatic nitrogens is 4. The van der Waals surface area contributed by atoms with Crippen molar-refractivity contribution >= 4 is 11.8 Å². The minimum absolute atomic E-state index is 0.0612. The molecule has 29 heavy (non-hydrogen) atoms. The van der Waals surface area contributed by atoms with E-state index < -0.39 is 17.5 Å². The Balaban J connectivity index is 1.66. The van der Waals surface area contributed by atoms with Crippen LogP contribution in [0, 0.1) is 17.5 Å². The number of pyridine rings is 1. The molecular weight excluding hydrogens is 397 g/mol. The topological polar surface area (TPSA) is 43.6 Å². The third-order valence-electron chi connectivity index (χ3n) is 4.27. The Hall–Kier alpha value is -3.13. The lowest BCUT2D eigenvalue weighted by molar-refractivity contribution is 0.492. The summed E-state index contributed by atoms with van der Waals surface area (Å²) in [7, 11) is 0. The zero-order chi connectivity index (χ0) is 20.2. The Labute approximate surface area is 169 Å². The lowest BCUT2D eigenvalue weighted by Crippen LogP contribution is -2.04. The Bertz CT molecular complexity index is 1120. The molecule has 146 valence electrons. The van der Waals surface area contributed by atoms with Crippen LogP contribution in [0.1, 0.15) is 11.1 Å². The molecule has 0 N–H and O–H groups in total. The summed E-state index contributed by atoms with van der Waals surface area (Å²) in [6.07, 6.45) is 3.36. The third kappa shape index (κ3) is 4.32. The monoisotopic (exact) mass is 412 g/mol. The summed E-state index contributed by atoms with van der Waals surface area (Å²) in [5, 5.41) is 9.04. The van der Waals surface area contributed by atoms with Gasteiger partial charge in [0.2, 0.25) is 0 Å². The molecule has 0 spiro atoms. The largest absolute Gasteiger partial charge is 0.297 e. The molecule has 0 saturated carbocycles. The van der Waals surface area contributed by atoms with E-state index in [1.807, 2.05) is 41.0 Å². The van der Waals surface area contributed by atoms with Crippen molar-refractivity contribution < 1.29 is 13.2 Å². The summed E-state index contributed by atoms with van der Waals surface area (Å²) < 4.78 is 42.5. The molecule has 2 heterocycles. The fourth-order valence-corrected chi connectivity index (χ4v) is 3.74. The standard InChI is InChI=1S/C21H15F3N4S/c22-17-10-19(24)18(23)9-16(17)13-29-21-27-26-20(15-7-4-8-25-11-15)28(21)12-14-5-2-1-3-6-14/h1-11H,12-13H2. The van der Waals surface area contributed by atoms with Crippen LogP contribution in [0.25, 0.3) is 11.4 Å². The van der Waals surface area contributed by atoms with Gasteiger partial charge in [-0.2, -0.15) is 0 Å². The molecule has 0 aliphatic carbocycles. The van der Waals surface area contributed by atoms with E-state index in [4.69, 9.17) is 0 Å². The van der Waals surface area contributed by atoms with Crippen molar-refractivity contribution in [2.75, 3.05) is 0 Å². The summed E-state index contributed by atoms with van der Waals surface area (Å²) in [5.74, 6) is -2.37. The van der Waals surface area contributed by atoms with Gasteiger partial charge in [-0.05, 0) is 23.8 Å². The Morgan fingerprint density at radius 2 is 1.66 bits per heavy atom. The predicted octanol–water partition coefficient (Wildman–Crippen LogP) is 5.10. The maximum Gasteiger partial charge on any atom is 0.192 e. The van der Waals surface area contributed by atoms with Gasteiger partial charge in [0, 0.05) is 35.3 Å². The van der Waals surface area contributed by atoms with Gasteiger partial charge in [0.05, 0.1) is 6.54 Å². The van der Waals surface area contributed by atoms with Crippen molar-refractivity contribution in [3.63, 3.8) is 0 Å². The minimum Gasteiger partial charge on any atom is -0.297 e. The molecule has 0 radical (unpaired) electrons. The second kappa shape index (κ2) is 8.48. The van der Waals surface area contributed by atoms with Crippen LogP contribution in [0.5, 0.6) is 0 Å². The number of benzene rings is 2. The lowest BCUT2D eigenvalue weighted by atomic mass is 10.2. The maximum atomic E-state index is 14.0. The van der Waals surface area contributed by atoms with E-state index in [-0.39, 0.29) is 11.3 Å². The molecule has 0 aliphatic heterocycles. The van der Waals surface area contributed by atoms with Crippen molar-refractivity contribution in [3.05, 3.63) is 95.6 Å². The van der Waals surface area contributed by atoms with Gasteiger partial charge in [0.1, 0.15) is 5.82 Å². The molecule has 2 aromatic heterocycles. The Kier molecular flexibility index (Phi) is 5.62. The molecule has 0 fully saturated rings. The molecule has 4 rings (SSSR count). The van der Waals surface area contributed by atoms with Crippen LogP contribution in [0.4, 0.5) is 13.2 Å². The molecule has 4 nitrogen and oxygen atoms in total. The second-order valence-corrected chi connectivity index (χ2v) is 7.21. The van der Waals surface area contributed by atoms with Crippen molar-refractivity contribution in [1.29, 1.82) is 0 Å². The number of rotatable bonds is 6. The van der Waals surface area contributed by atoms with Crippen LogP contribution in [0.3, 0.4) is 0 Å². The van der Waals surface area contributed by atoms with Crippen molar-refractivity contribution in [3.8, 4) is 11.4 Å². The van der Waals surface area contributed by atoms with Gasteiger partial charge in [-0.15, -0.1) is 10.2 Å². The van der Waals surface area contributed by atoms with E-state index in [1.165, 1.54) is 11.8 Å². The minimum atomic E-state index is -1.21. The first kappa shape index (κ1) is 19.2. The molecule has 0 atom stereocenters. The number of hydrogen-bond acceptors (Lipinski definition) is 4. The van der Waals surface area contributed by atoms with E-state index in [0.717, 1.165) is 17.2 Å². The van der Waals surface area contributed by atoms with E-state index in [2.05, 4.69) is 15.2 Å². The average Bonchev–Trinajstić information content (AvgIpc) is 3.13. The molecular formula is C21H15F3N4S. The van der Waals surface area contributed by atoms with E-state index >= 15 is 0 Å². The van der Waals surface area contributed by atoms with Gasteiger partial charge in [-0.1, -0.05) is 42.1 Å². The van der Waals surface area contributed by atoms with Gasteiger partial charge in [0.15, 0.2) is 22.6 Å². The van der Waals surface area contributed by atoms with Crippen LogP contribution in [0.15, 0.2) is 72.1 Å². The first-order valence-electron chi connectivity index (χ1n) is 8.75. The quantitative estimate of drug-likeness (QED) is 0.327. The normalized spacial score (nSPS) is 11.0. The van der Waals surface area contributed by atoms with Gasteiger partial charge >= 0.3 is 0 Å². The van der Waals surface area contributed by atoms with Crippen LogP contribution in [-0.2, 0) is 12.3 Å². The summed E-state index contributed by atoms with van der Waals surface area (Å²) in [5.41, 5.74) is 1.89. The summed E-state index contributed by atoms with van der Waals surface area (Å²) in [6, 6.07) is 14.9. The van der Waals surface area contributed by atoms with Crippen molar-refractivity contribution in [2.45, 2.75) is 17.5 Å². The summed E-state index contributed by atoms with van der Waals surface area (Å²) in [6.45, 7) is 0.501. The van der Waals surface area contributed by atoms with Crippen LogP contribution >= 0.6 is 11.8 Å². The Morgan fingerprint density at radius 1 is 0.862 bits per heavy atom. The van der Waals surface area contributed by atoms with Gasteiger partial charge in [-0.25, -0.2) is 13.2 Å². The number of halogens is 3. The van der Waals surface area contributed by atoms with E-state index in [9.17, 15) is 13.2 Å². The van der Waals surface area contributed by atoms with Gasteiger partial charge in [-0.3, -0.25) is 9.55 Å². The van der Waals surface area contributed by atoms with Crippen LogP contribution in [0.2, 0.25) is 0 Å². The highest BCUT2D eigenvalue weighted by Gasteiger charge is 2.17. The number of hydrogen-bond donors (Lipinski definition) is 0. The smallest absolute Gasteiger partial charge is 0.192 e. The van der Waals surface area contributed by atoms with E-state index in [0.29, 0.717) is 23.6 Å². The second-order valence-electron chi connectivity index (χ2n) is 6.27.